The minimum atomic E-state index is -1.92. The molecule has 1 unspecified atom stereocenters. The normalized spacial score (nSPS) is 22.0. The summed E-state index contributed by atoms with van der Waals surface area (Å²) in [7, 11) is 1.35. The molecular formula is C22H19N3O5. The zero-order valence-electron chi connectivity index (χ0n) is 16.5. The molecule has 0 fully saturated rings. The summed E-state index contributed by atoms with van der Waals surface area (Å²) in [6.07, 6.45) is 0.267. The first-order valence-corrected chi connectivity index (χ1v) is 9.65. The van der Waals surface area contributed by atoms with E-state index in [1.807, 2.05) is 30.3 Å². The molecule has 8 nitrogen and oxygen atoms in total. The molecule has 0 spiro atoms. The molecule has 1 aromatic carbocycles. The molecular weight excluding hydrogens is 386 g/mol. The van der Waals surface area contributed by atoms with Gasteiger partial charge in [0.25, 0.3) is 5.56 Å². The number of rotatable bonds is 3. The number of para-hydroxylation sites is 1. The van der Waals surface area contributed by atoms with Crippen LogP contribution < -0.4 is 5.56 Å². The average Bonchev–Trinajstić information content (AvgIpc) is 3.11. The fourth-order valence-electron chi connectivity index (χ4n) is 4.24. The highest BCUT2D eigenvalue weighted by molar-refractivity contribution is 5.89. The summed E-state index contributed by atoms with van der Waals surface area (Å²) in [5, 5.41) is 15.8. The highest BCUT2D eigenvalue weighted by Gasteiger charge is 2.48. The summed E-state index contributed by atoms with van der Waals surface area (Å²) in [5.41, 5.74) is 1.11. The predicted octanol–water partition coefficient (Wildman–Crippen LogP) is 2.25. The SMILES string of the molecule is CC[C@@]1(O)C(=O)OC(/C=N/OC)c2c1cc1n(c2=O)Cc2cc3ccccc3nc2-1. The van der Waals surface area contributed by atoms with Crippen LogP contribution in [0.25, 0.3) is 22.3 Å². The van der Waals surface area contributed by atoms with Crippen LogP contribution in [0, 0.1) is 0 Å². The number of fused-ring (bicyclic) bond motifs is 5. The van der Waals surface area contributed by atoms with E-state index < -0.39 is 17.7 Å². The van der Waals surface area contributed by atoms with Gasteiger partial charge in [-0.3, -0.25) is 4.79 Å². The van der Waals surface area contributed by atoms with Crippen LogP contribution >= 0.6 is 0 Å². The lowest BCUT2D eigenvalue weighted by Gasteiger charge is -2.34. The molecule has 152 valence electrons. The minimum absolute atomic E-state index is 0.0634. The average molecular weight is 405 g/mol. The number of nitrogens with zero attached hydrogens (tertiary/aromatic N) is 3. The monoisotopic (exact) mass is 405 g/mol. The van der Waals surface area contributed by atoms with Gasteiger partial charge in [-0.15, -0.1) is 0 Å². The van der Waals surface area contributed by atoms with E-state index in [4.69, 9.17) is 14.6 Å². The maximum Gasteiger partial charge on any atom is 0.343 e. The molecule has 0 aliphatic carbocycles. The number of hydrogen-bond acceptors (Lipinski definition) is 7. The van der Waals surface area contributed by atoms with Crippen molar-refractivity contribution in [2.45, 2.75) is 31.6 Å². The van der Waals surface area contributed by atoms with Crippen molar-refractivity contribution >= 4 is 23.1 Å². The minimum Gasteiger partial charge on any atom is -0.449 e. The Morgan fingerprint density at radius 3 is 2.93 bits per heavy atom. The van der Waals surface area contributed by atoms with Crippen molar-refractivity contribution in [1.29, 1.82) is 0 Å². The second-order valence-electron chi connectivity index (χ2n) is 7.41. The van der Waals surface area contributed by atoms with Crippen LogP contribution in [-0.2, 0) is 26.5 Å². The van der Waals surface area contributed by atoms with E-state index in [0.29, 0.717) is 17.9 Å². The first-order valence-electron chi connectivity index (χ1n) is 9.65. The summed E-state index contributed by atoms with van der Waals surface area (Å²) in [6.45, 7) is 2.01. The van der Waals surface area contributed by atoms with Crippen molar-refractivity contribution in [3.63, 3.8) is 0 Å². The maximum absolute atomic E-state index is 13.5. The number of carbonyl (C=O) groups is 1. The van der Waals surface area contributed by atoms with E-state index in [9.17, 15) is 14.7 Å². The molecule has 2 aromatic heterocycles. The fourth-order valence-corrected chi connectivity index (χ4v) is 4.24. The van der Waals surface area contributed by atoms with Crippen LogP contribution in [0.15, 0.2) is 46.3 Å². The lowest BCUT2D eigenvalue weighted by Crippen LogP contribution is -2.46. The lowest BCUT2D eigenvalue weighted by molar-refractivity contribution is -0.173. The van der Waals surface area contributed by atoms with Crippen molar-refractivity contribution in [1.82, 2.24) is 9.55 Å². The molecule has 0 amide bonds. The summed E-state index contributed by atoms with van der Waals surface area (Å²) >= 11 is 0. The third-order valence-electron chi connectivity index (χ3n) is 5.83. The van der Waals surface area contributed by atoms with Crippen LogP contribution in [0.1, 0.15) is 36.1 Å². The van der Waals surface area contributed by atoms with Gasteiger partial charge in [-0.1, -0.05) is 30.3 Å². The number of hydrogen-bond donors (Lipinski definition) is 1. The molecule has 0 saturated carbocycles. The summed E-state index contributed by atoms with van der Waals surface area (Å²) in [4.78, 5) is 35.5. The maximum atomic E-state index is 13.5. The van der Waals surface area contributed by atoms with Crippen LogP contribution in [-0.4, -0.2) is 34.0 Å². The second kappa shape index (κ2) is 6.50. The zero-order chi connectivity index (χ0) is 21.0. The van der Waals surface area contributed by atoms with Gasteiger partial charge in [0, 0.05) is 16.5 Å². The molecule has 1 N–H and O–H groups in total. The van der Waals surface area contributed by atoms with E-state index in [2.05, 4.69) is 5.16 Å². The van der Waals surface area contributed by atoms with Gasteiger partial charge in [-0.25, -0.2) is 9.78 Å². The van der Waals surface area contributed by atoms with Crippen molar-refractivity contribution in [3.8, 4) is 11.4 Å². The molecule has 30 heavy (non-hydrogen) atoms. The van der Waals surface area contributed by atoms with Crippen LogP contribution in [0.3, 0.4) is 0 Å². The highest BCUT2D eigenvalue weighted by atomic mass is 16.6. The lowest BCUT2D eigenvalue weighted by atomic mass is 9.83. The Kier molecular flexibility index (Phi) is 4.01. The predicted molar refractivity (Wildman–Crippen MR) is 109 cm³/mol. The zero-order valence-corrected chi connectivity index (χ0v) is 16.5. The Hall–Kier alpha value is -3.52. The van der Waals surface area contributed by atoms with E-state index in [1.165, 1.54) is 13.3 Å². The van der Waals surface area contributed by atoms with E-state index in [0.717, 1.165) is 16.5 Å². The number of oxime groups is 1. The smallest absolute Gasteiger partial charge is 0.343 e. The molecule has 8 heteroatoms. The number of ether oxygens (including phenoxy) is 1. The molecule has 2 aliphatic heterocycles. The third kappa shape index (κ3) is 2.43. The first-order chi connectivity index (χ1) is 14.5. The van der Waals surface area contributed by atoms with Crippen molar-refractivity contribution in [3.05, 3.63) is 63.4 Å². The van der Waals surface area contributed by atoms with Gasteiger partial charge in [0.05, 0.1) is 35.2 Å². The Balaban J connectivity index is 1.79. The van der Waals surface area contributed by atoms with Gasteiger partial charge >= 0.3 is 5.97 Å². The Morgan fingerprint density at radius 1 is 1.37 bits per heavy atom. The van der Waals surface area contributed by atoms with Crippen molar-refractivity contribution in [2.24, 2.45) is 5.16 Å². The second-order valence-corrected chi connectivity index (χ2v) is 7.41. The number of aliphatic hydroxyl groups is 1. The Morgan fingerprint density at radius 2 is 2.17 bits per heavy atom. The number of benzene rings is 1. The van der Waals surface area contributed by atoms with Gasteiger partial charge in [-0.05, 0) is 24.6 Å². The molecule has 0 saturated heterocycles. The van der Waals surface area contributed by atoms with E-state index in [1.54, 1.807) is 17.6 Å². The molecule has 4 heterocycles. The number of esters is 1. The summed E-state index contributed by atoms with van der Waals surface area (Å²) in [5.74, 6) is -0.820. The van der Waals surface area contributed by atoms with Gasteiger partial charge in [-0.2, -0.15) is 0 Å². The standard InChI is InChI=1S/C22H19N3O5/c1-3-22(28)14-9-16-19-13(8-12-6-4-5-7-15(12)24-19)11-25(16)20(26)18(14)17(10-23-29-2)30-21(22)27/h4-10,17,28H,3,11H2,1-2H3/b23-10+/t17?,22-/m0/s1. The van der Waals surface area contributed by atoms with E-state index in [-0.39, 0.29) is 23.1 Å². The van der Waals surface area contributed by atoms with E-state index >= 15 is 0 Å². The molecule has 3 aromatic rings. The van der Waals surface area contributed by atoms with Crippen molar-refractivity contribution in [2.75, 3.05) is 7.11 Å². The third-order valence-corrected chi connectivity index (χ3v) is 5.83. The highest BCUT2D eigenvalue weighted by Crippen LogP contribution is 2.41. The molecule has 0 bridgehead atoms. The van der Waals surface area contributed by atoms with Crippen LogP contribution in [0.5, 0.6) is 0 Å². The Bertz CT molecular complexity index is 1300. The van der Waals surface area contributed by atoms with Crippen molar-refractivity contribution < 1.29 is 19.5 Å². The van der Waals surface area contributed by atoms with Crippen LogP contribution in [0.2, 0.25) is 0 Å². The fraction of sp³-hybridized carbons (Fsp3) is 0.273. The number of carbonyl (C=O) groups excluding carboxylic acids is 1. The number of pyridine rings is 2. The van der Waals surface area contributed by atoms with Gasteiger partial charge in [0.1, 0.15) is 7.11 Å². The van der Waals surface area contributed by atoms with Gasteiger partial charge in [0.2, 0.25) is 0 Å². The molecule has 0 radical (unpaired) electrons. The molecule has 2 atom stereocenters. The Labute approximate surface area is 171 Å². The quantitative estimate of drug-likeness (QED) is 0.319. The summed E-state index contributed by atoms with van der Waals surface area (Å²) in [6, 6.07) is 11.4. The van der Waals surface area contributed by atoms with Gasteiger partial charge in [0.15, 0.2) is 11.7 Å². The van der Waals surface area contributed by atoms with Gasteiger partial charge < -0.3 is 19.2 Å². The molecule has 2 aliphatic rings. The molecule has 5 rings (SSSR count). The topological polar surface area (TPSA) is 103 Å². The largest absolute Gasteiger partial charge is 0.449 e. The number of aromatic nitrogens is 2. The summed E-state index contributed by atoms with van der Waals surface area (Å²) < 4.78 is 6.95. The van der Waals surface area contributed by atoms with Crippen LogP contribution in [0.4, 0.5) is 0 Å². The first kappa shape index (κ1) is 18.5. The number of cyclic esters (lactones) is 1.